The first kappa shape index (κ1) is 23.3. The fourth-order valence-corrected chi connectivity index (χ4v) is 2.53. The van der Waals surface area contributed by atoms with Crippen LogP contribution in [0.25, 0.3) is 0 Å². The molecule has 0 aliphatic rings. The summed E-state index contributed by atoms with van der Waals surface area (Å²) in [5.41, 5.74) is -0.172. The van der Waals surface area contributed by atoms with Gasteiger partial charge in [-0.3, -0.25) is 15.0 Å². The molecule has 0 bridgehead atoms. The third-order valence-corrected chi connectivity index (χ3v) is 4.03. The van der Waals surface area contributed by atoms with Gasteiger partial charge in [0, 0.05) is 30.9 Å². The summed E-state index contributed by atoms with van der Waals surface area (Å²) in [7, 11) is 1.60. The number of carbonyl (C=O) groups excluding carboxylic acids is 3. The Bertz CT molecular complexity index is 987. The first-order valence-electron chi connectivity index (χ1n) is 9.45. The summed E-state index contributed by atoms with van der Waals surface area (Å²) >= 11 is 0. The minimum Gasteiger partial charge on any atom is -0.462 e. The fraction of sp³-hybridized carbons (Fsp3) is 0.286. The van der Waals surface area contributed by atoms with Crippen LogP contribution < -0.4 is 15.0 Å². The van der Waals surface area contributed by atoms with Gasteiger partial charge in [0.1, 0.15) is 5.75 Å². The lowest BCUT2D eigenvalue weighted by atomic mass is 10.1. The predicted octanol–water partition coefficient (Wildman–Crippen LogP) is 3.54. The minimum absolute atomic E-state index is 0.0235. The van der Waals surface area contributed by atoms with Crippen LogP contribution in [0.1, 0.15) is 41.5 Å². The average Bonchev–Trinajstić information content (AvgIpc) is 2.73. The van der Waals surface area contributed by atoms with Crippen molar-refractivity contribution in [3.05, 3.63) is 63.7 Å². The number of hydrogen-bond acceptors (Lipinski definition) is 7. The maximum Gasteiger partial charge on any atom is 0.343 e. The fourth-order valence-electron chi connectivity index (χ4n) is 2.53. The molecule has 2 aromatic rings. The number of carbonyl (C=O) groups is 3. The summed E-state index contributed by atoms with van der Waals surface area (Å²) in [4.78, 5) is 48.3. The summed E-state index contributed by atoms with van der Waals surface area (Å²) in [5, 5.41) is 13.9. The number of nitrogens with zero attached hydrogens (tertiary/aromatic N) is 2. The van der Waals surface area contributed by atoms with Crippen molar-refractivity contribution in [1.82, 2.24) is 5.32 Å². The summed E-state index contributed by atoms with van der Waals surface area (Å²) in [6.07, 6.45) is 0. The Kier molecular flexibility index (Phi) is 7.67. The number of rotatable bonds is 7. The Labute approximate surface area is 178 Å². The third-order valence-electron chi connectivity index (χ3n) is 4.03. The Balaban J connectivity index is 2.20. The van der Waals surface area contributed by atoms with Crippen molar-refractivity contribution in [3.8, 4) is 5.75 Å². The van der Waals surface area contributed by atoms with Gasteiger partial charge < -0.3 is 14.8 Å². The van der Waals surface area contributed by atoms with E-state index < -0.39 is 22.5 Å². The molecule has 164 valence electrons. The molecule has 10 nitrogen and oxygen atoms in total. The van der Waals surface area contributed by atoms with Crippen LogP contribution in [-0.4, -0.2) is 42.6 Å². The van der Waals surface area contributed by atoms with Crippen LogP contribution in [0.4, 0.5) is 16.2 Å². The summed E-state index contributed by atoms with van der Waals surface area (Å²) in [6.45, 7) is 5.36. The highest BCUT2D eigenvalue weighted by atomic mass is 16.6. The van der Waals surface area contributed by atoms with Gasteiger partial charge in [0.25, 0.3) is 5.69 Å². The molecule has 1 N–H and O–H groups in total. The Morgan fingerprint density at radius 3 is 2.16 bits per heavy atom. The number of nitro groups is 1. The molecule has 0 saturated carbocycles. The quantitative estimate of drug-likeness (QED) is 0.308. The van der Waals surface area contributed by atoms with Gasteiger partial charge in [-0.05, 0) is 51.1 Å². The molecule has 0 aromatic heterocycles. The molecule has 0 radical (unpaired) electrons. The highest BCUT2D eigenvalue weighted by Gasteiger charge is 2.20. The van der Waals surface area contributed by atoms with Gasteiger partial charge in [-0.25, -0.2) is 14.4 Å². The molecule has 0 saturated heterocycles. The highest BCUT2D eigenvalue weighted by Crippen LogP contribution is 2.22. The van der Waals surface area contributed by atoms with Crippen LogP contribution in [0, 0.1) is 10.1 Å². The molecule has 0 fully saturated rings. The van der Waals surface area contributed by atoms with E-state index >= 15 is 0 Å². The van der Waals surface area contributed by atoms with Crippen LogP contribution in [0.3, 0.4) is 0 Å². The lowest BCUT2D eigenvalue weighted by molar-refractivity contribution is -0.384. The Morgan fingerprint density at radius 1 is 1.06 bits per heavy atom. The van der Waals surface area contributed by atoms with Gasteiger partial charge in [0.05, 0.1) is 22.7 Å². The van der Waals surface area contributed by atoms with E-state index in [2.05, 4.69) is 5.32 Å². The molecular weight excluding hydrogens is 406 g/mol. The standard InChI is InChI=1S/C21H23N3O7/c1-5-30-19(25)14-10-15(12-17(11-14)24(28)29)20(26)31-18-8-6-16(7-9-18)23(4)21(27)22-13(2)3/h6-13H,5H2,1-4H3,(H,22,27). The van der Waals surface area contributed by atoms with Crippen LogP contribution in [-0.2, 0) is 4.74 Å². The zero-order chi connectivity index (χ0) is 23.1. The Morgan fingerprint density at radius 2 is 1.65 bits per heavy atom. The van der Waals surface area contributed by atoms with Crippen LogP contribution >= 0.6 is 0 Å². The van der Waals surface area contributed by atoms with E-state index in [0.717, 1.165) is 12.1 Å². The maximum absolute atomic E-state index is 12.5. The van der Waals surface area contributed by atoms with E-state index in [4.69, 9.17) is 9.47 Å². The van der Waals surface area contributed by atoms with Crippen LogP contribution in [0.5, 0.6) is 5.75 Å². The van der Waals surface area contributed by atoms with E-state index in [1.54, 1.807) is 26.1 Å². The maximum atomic E-state index is 12.5. The second kappa shape index (κ2) is 10.2. The van der Waals surface area contributed by atoms with Gasteiger partial charge in [-0.15, -0.1) is 0 Å². The molecule has 10 heteroatoms. The lowest BCUT2D eigenvalue weighted by Crippen LogP contribution is -2.40. The monoisotopic (exact) mass is 429 g/mol. The normalized spacial score (nSPS) is 10.4. The molecule has 0 aliphatic heterocycles. The van der Waals surface area contributed by atoms with Crippen molar-refractivity contribution in [2.45, 2.75) is 26.8 Å². The summed E-state index contributed by atoms with van der Waals surface area (Å²) in [5.74, 6) is -1.50. The van der Waals surface area contributed by atoms with E-state index in [-0.39, 0.29) is 35.6 Å². The number of ether oxygens (including phenoxy) is 2. The van der Waals surface area contributed by atoms with E-state index in [1.165, 1.54) is 23.1 Å². The molecule has 2 amide bonds. The first-order valence-corrected chi connectivity index (χ1v) is 9.45. The largest absolute Gasteiger partial charge is 0.462 e. The average molecular weight is 429 g/mol. The summed E-state index contributed by atoms with van der Waals surface area (Å²) < 4.78 is 10.1. The zero-order valence-electron chi connectivity index (χ0n) is 17.6. The number of nitro benzene ring substituents is 1. The number of nitrogens with one attached hydrogen (secondary N) is 1. The third kappa shape index (κ3) is 6.26. The minimum atomic E-state index is -0.882. The van der Waals surface area contributed by atoms with Gasteiger partial charge in [0.15, 0.2) is 0 Å². The highest BCUT2D eigenvalue weighted by molar-refractivity contribution is 5.97. The van der Waals surface area contributed by atoms with Crippen molar-refractivity contribution in [3.63, 3.8) is 0 Å². The van der Waals surface area contributed by atoms with Crippen LogP contribution in [0.2, 0.25) is 0 Å². The molecule has 2 rings (SSSR count). The van der Waals surface area contributed by atoms with Crippen molar-refractivity contribution >= 4 is 29.3 Å². The van der Waals surface area contributed by atoms with Crippen molar-refractivity contribution in [2.24, 2.45) is 0 Å². The number of non-ortho nitro benzene ring substituents is 1. The van der Waals surface area contributed by atoms with Crippen LogP contribution in [0.15, 0.2) is 42.5 Å². The zero-order valence-corrected chi connectivity index (χ0v) is 17.6. The topological polar surface area (TPSA) is 128 Å². The van der Waals surface area contributed by atoms with Gasteiger partial charge in [-0.1, -0.05) is 0 Å². The van der Waals surface area contributed by atoms with E-state index in [9.17, 15) is 24.5 Å². The van der Waals surface area contributed by atoms with E-state index in [0.29, 0.717) is 5.69 Å². The lowest BCUT2D eigenvalue weighted by Gasteiger charge is -2.20. The molecule has 0 heterocycles. The molecule has 31 heavy (non-hydrogen) atoms. The molecular formula is C21H23N3O7. The first-order chi connectivity index (χ1) is 14.6. The molecule has 0 spiro atoms. The number of amides is 2. The van der Waals surface area contributed by atoms with Gasteiger partial charge >= 0.3 is 18.0 Å². The predicted molar refractivity (Wildman–Crippen MR) is 113 cm³/mol. The smallest absolute Gasteiger partial charge is 0.343 e. The Hall–Kier alpha value is -3.95. The van der Waals surface area contributed by atoms with Gasteiger partial charge in [0.2, 0.25) is 0 Å². The second-order valence-electron chi connectivity index (χ2n) is 6.79. The van der Waals surface area contributed by atoms with Crippen molar-refractivity contribution in [2.75, 3.05) is 18.6 Å². The molecule has 2 aromatic carbocycles. The SMILES string of the molecule is CCOC(=O)c1cc(C(=O)Oc2ccc(N(C)C(=O)NC(C)C)cc2)cc([N+](=O)[O-])c1. The number of anilines is 1. The molecule has 0 unspecified atom stereocenters. The number of benzene rings is 2. The number of hydrogen-bond donors (Lipinski definition) is 1. The van der Waals surface area contributed by atoms with E-state index in [1.807, 2.05) is 13.8 Å². The van der Waals surface area contributed by atoms with Crippen molar-refractivity contribution in [1.29, 1.82) is 0 Å². The molecule has 0 aliphatic carbocycles. The molecule has 0 atom stereocenters. The van der Waals surface area contributed by atoms with Crippen molar-refractivity contribution < 1.29 is 28.8 Å². The number of urea groups is 1. The summed E-state index contributed by atoms with van der Waals surface area (Å²) in [6, 6.07) is 9.04. The number of esters is 2. The second-order valence-corrected chi connectivity index (χ2v) is 6.79. The van der Waals surface area contributed by atoms with Gasteiger partial charge in [-0.2, -0.15) is 0 Å².